The van der Waals surface area contributed by atoms with Crippen molar-refractivity contribution in [2.75, 3.05) is 31.1 Å². The second-order valence-electron chi connectivity index (χ2n) is 6.53. The van der Waals surface area contributed by atoms with E-state index >= 15 is 0 Å². The highest BCUT2D eigenvalue weighted by Crippen LogP contribution is 2.21. The number of hydrogen-bond donors (Lipinski definition) is 0. The Kier molecular flexibility index (Phi) is 4.72. The lowest BCUT2D eigenvalue weighted by Crippen LogP contribution is -2.49. The molecule has 0 unspecified atom stereocenters. The van der Waals surface area contributed by atoms with Crippen LogP contribution in [0.15, 0.2) is 47.0 Å². The van der Waals surface area contributed by atoms with Gasteiger partial charge < -0.3 is 14.3 Å². The van der Waals surface area contributed by atoms with Crippen LogP contribution in [0.4, 0.5) is 5.95 Å². The number of aromatic nitrogens is 3. The minimum atomic E-state index is -0.159. The van der Waals surface area contributed by atoms with Crippen molar-refractivity contribution in [2.45, 2.75) is 6.92 Å². The van der Waals surface area contributed by atoms with Crippen LogP contribution in [0.25, 0.3) is 11.3 Å². The maximum absolute atomic E-state index is 12.8. The van der Waals surface area contributed by atoms with Gasteiger partial charge in [-0.05, 0) is 13.0 Å². The van der Waals surface area contributed by atoms with Gasteiger partial charge in [-0.2, -0.15) is 5.26 Å². The number of amides is 1. The topological polar surface area (TPSA) is 99.2 Å². The molecular formula is C20H18N6O2. The number of benzene rings is 1. The van der Waals surface area contributed by atoms with Gasteiger partial charge >= 0.3 is 0 Å². The zero-order chi connectivity index (χ0) is 19.5. The third kappa shape index (κ3) is 3.55. The van der Waals surface area contributed by atoms with Gasteiger partial charge in [0.2, 0.25) is 5.95 Å². The molecule has 8 nitrogen and oxygen atoms in total. The van der Waals surface area contributed by atoms with Crippen molar-refractivity contribution >= 4 is 11.9 Å². The van der Waals surface area contributed by atoms with E-state index in [1.807, 2.05) is 42.2 Å². The Hall–Kier alpha value is -3.73. The highest BCUT2D eigenvalue weighted by atomic mass is 16.5. The van der Waals surface area contributed by atoms with Crippen LogP contribution in [0.5, 0.6) is 0 Å². The fraction of sp³-hybridized carbons (Fsp3) is 0.250. The predicted octanol–water partition coefficient (Wildman–Crippen LogP) is 2.27. The maximum Gasteiger partial charge on any atom is 0.276 e. The molecule has 1 fully saturated rings. The second-order valence-corrected chi connectivity index (χ2v) is 6.53. The molecule has 4 rings (SSSR count). The SMILES string of the molecule is Cc1cc(C#N)nc(N2CCN(C(=O)c3cc(-c4ccccc4)on3)CC2)n1. The number of aryl methyl sites for hydroxylation is 1. The van der Waals surface area contributed by atoms with Crippen molar-refractivity contribution in [2.24, 2.45) is 0 Å². The summed E-state index contributed by atoms with van der Waals surface area (Å²) >= 11 is 0. The number of anilines is 1. The molecule has 3 heterocycles. The maximum atomic E-state index is 12.8. The number of nitrogens with zero attached hydrogens (tertiary/aromatic N) is 6. The molecule has 3 aromatic rings. The zero-order valence-corrected chi connectivity index (χ0v) is 15.4. The highest BCUT2D eigenvalue weighted by molar-refractivity contribution is 5.93. The van der Waals surface area contributed by atoms with E-state index in [-0.39, 0.29) is 5.91 Å². The molecular weight excluding hydrogens is 356 g/mol. The average molecular weight is 374 g/mol. The van der Waals surface area contributed by atoms with Crippen LogP contribution in [0.3, 0.4) is 0 Å². The molecule has 0 saturated carbocycles. The summed E-state index contributed by atoms with van der Waals surface area (Å²) in [6.07, 6.45) is 0. The Morgan fingerprint density at radius 2 is 1.86 bits per heavy atom. The Morgan fingerprint density at radius 3 is 2.57 bits per heavy atom. The largest absolute Gasteiger partial charge is 0.355 e. The summed E-state index contributed by atoms with van der Waals surface area (Å²) in [5, 5.41) is 13.0. The van der Waals surface area contributed by atoms with Gasteiger partial charge in [0, 0.05) is 43.5 Å². The van der Waals surface area contributed by atoms with Crippen molar-refractivity contribution in [1.29, 1.82) is 5.26 Å². The molecule has 0 radical (unpaired) electrons. The molecule has 0 N–H and O–H groups in total. The molecule has 0 atom stereocenters. The van der Waals surface area contributed by atoms with E-state index in [9.17, 15) is 4.79 Å². The van der Waals surface area contributed by atoms with Crippen molar-refractivity contribution in [3.63, 3.8) is 0 Å². The molecule has 28 heavy (non-hydrogen) atoms. The molecule has 140 valence electrons. The van der Waals surface area contributed by atoms with Crippen LogP contribution in [-0.4, -0.2) is 52.1 Å². The zero-order valence-electron chi connectivity index (χ0n) is 15.4. The van der Waals surface area contributed by atoms with Crippen LogP contribution in [0, 0.1) is 18.3 Å². The highest BCUT2D eigenvalue weighted by Gasteiger charge is 2.26. The van der Waals surface area contributed by atoms with Gasteiger partial charge in [0.25, 0.3) is 5.91 Å². The lowest BCUT2D eigenvalue weighted by atomic mass is 10.1. The van der Waals surface area contributed by atoms with Crippen molar-refractivity contribution in [3.05, 3.63) is 59.5 Å². The average Bonchev–Trinajstić information content (AvgIpc) is 3.24. The summed E-state index contributed by atoms with van der Waals surface area (Å²) in [4.78, 5) is 25.1. The third-order valence-corrected chi connectivity index (χ3v) is 4.59. The van der Waals surface area contributed by atoms with Gasteiger partial charge in [0.1, 0.15) is 11.8 Å². The van der Waals surface area contributed by atoms with E-state index in [1.54, 1.807) is 17.0 Å². The van der Waals surface area contributed by atoms with Crippen molar-refractivity contribution in [3.8, 4) is 17.4 Å². The first kappa shape index (κ1) is 17.7. The Morgan fingerprint density at radius 1 is 1.11 bits per heavy atom. The summed E-state index contributed by atoms with van der Waals surface area (Å²) in [6, 6.07) is 14.9. The second kappa shape index (κ2) is 7.48. The van der Waals surface area contributed by atoms with Crippen LogP contribution >= 0.6 is 0 Å². The van der Waals surface area contributed by atoms with Gasteiger partial charge in [-0.25, -0.2) is 9.97 Å². The van der Waals surface area contributed by atoms with Gasteiger partial charge in [-0.1, -0.05) is 35.5 Å². The van der Waals surface area contributed by atoms with Crippen LogP contribution < -0.4 is 4.90 Å². The fourth-order valence-corrected chi connectivity index (χ4v) is 3.14. The van der Waals surface area contributed by atoms with Gasteiger partial charge in [0.05, 0.1) is 0 Å². The van der Waals surface area contributed by atoms with Crippen LogP contribution in [0.2, 0.25) is 0 Å². The van der Waals surface area contributed by atoms with Crippen molar-refractivity contribution < 1.29 is 9.32 Å². The Labute approximate surface area is 162 Å². The number of hydrogen-bond acceptors (Lipinski definition) is 7. The summed E-state index contributed by atoms with van der Waals surface area (Å²) in [6.45, 7) is 4.05. The van der Waals surface area contributed by atoms with E-state index in [0.717, 1.165) is 11.3 Å². The fourth-order valence-electron chi connectivity index (χ4n) is 3.14. The predicted molar refractivity (Wildman–Crippen MR) is 102 cm³/mol. The monoisotopic (exact) mass is 374 g/mol. The van der Waals surface area contributed by atoms with E-state index in [0.29, 0.717) is 49.3 Å². The van der Waals surface area contributed by atoms with Crippen LogP contribution in [-0.2, 0) is 0 Å². The van der Waals surface area contributed by atoms with E-state index in [4.69, 9.17) is 9.78 Å². The van der Waals surface area contributed by atoms with E-state index in [1.165, 1.54) is 0 Å². The number of rotatable bonds is 3. The lowest BCUT2D eigenvalue weighted by Gasteiger charge is -2.34. The standard InChI is InChI=1S/C20H18N6O2/c1-14-11-16(13-21)23-20(22-14)26-9-7-25(8-10-26)19(27)17-12-18(28-24-17)15-5-3-2-4-6-15/h2-6,11-12H,7-10H2,1H3. The quantitative estimate of drug-likeness (QED) is 0.693. The smallest absolute Gasteiger partial charge is 0.276 e. The first-order valence-electron chi connectivity index (χ1n) is 8.96. The molecule has 1 aromatic carbocycles. The molecule has 8 heteroatoms. The minimum Gasteiger partial charge on any atom is -0.355 e. The van der Waals surface area contributed by atoms with Crippen molar-refractivity contribution in [1.82, 2.24) is 20.0 Å². The summed E-state index contributed by atoms with van der Waals surface area (Å²) < 4.78 is 5.33. The molecule has 1 saturated heterocycles. The number of nitriles is 1. The first-order chi connectivity index (χ1) is 13.6. The summed E-state index contributed by atoms with van der Waals surface area (Å²) in [7, 11) is 0. The molecule has 1 aliphatic rings. The van der Waals surface area contributed by atoms with Gasteiger partial charge in [-0.15, -0.1) is 0 Å². The normalized spacial score (nSPS) is 14.0. The summed E-state index contributed by atoms with van der Waals surface area (Å²) in [5.41, 5.74) is 2.27. The minimum absolute atomic E-state index is 0.159. The number of carbonyl (C=O) groups is 1. The summed E-state index contributed by atoms with van der Waals surface area (Å²) in [5.74, 6) is 0.935. The Bertz CT molecular complexity index is 1030. The van der Waals surface area contributed by atoms with Crippen LogP contribution in [0.1, 0.15) is 21.9 Å². The van der Waals surface area contributed by atoms with Gasteiger partial charge in [0.15, 0.2) is 11.5 Å². The molecule has 1 aliphatic heterocycles. The molecule has 0 bridgehead atoms. The lowest BCUT2D eigenvalue weighted by molar-refractivity contribution is 0.0736. The number of carbonyl (C=O) groups excluding carboxylic acids is 1. The van der Waals surface area contributed by atoms with E-state index in [2.05, 4.69) is 21.2 Å². The third-order valence-electron chi connectivity index (χ3n) is 4.59. The molecule has 0 spiro atoms. The number of piperazine rings is 1. The van der Waals surface area contributed by atoms with Gasteiger partial charge in [-0.3, -0.25) is 4.79 Å². The molecule has 1 amide bonds. The molecule has 0 aliphatic carbocycles. The Balaban J connectivity index is 1.43. The first-order valence-corrected chi connectivity index (χ1v) is 8.96. The van der Waals surface area contributed by atoms with E-state index < -0.39 is 0 Å². The molecule has 2 aromatic heterocycles.